The van der Waals surface area contributed by atoms with Crippen molar-refractivity contribution in [1.82, 2.24) is 15.1 Å². The van der Waals surface area contributed by atoms with Crippen LogP contribution in [-0.4, -0.2) is 78.4 Å². The van der Waals surface area contributed by atoms with Crippen LogP contribution in [0.15, 0.2) is 0 Å². The Kier molecular flexibility index (Phi) is 11.4. The van der Waals surface area contributed by atoms with Crippen LogP contribution in [0.3, 0.4) is 0 Å². The number of halogens is 3. The molecule has 0 aromatic rings. The lowest BCUT2D eigenvalue weighted by atomic mass is 9.92. The highest BCUT2D eigenvalue weighted by molar-refractivity contribution is 5.81. The zero-order valence-corrected chi connectivity index (χ0v) is 26.6. The number of alkyl halides is 3. The van der Waals surface area contributed by atoms with Gasteiger partial charge in [-0.1, -0.05) is 68.7 Å². The standard InChI is InChI=1S/C12H23N.C11H21NO.C8H14F3NO/c1-12(2,3)9-13-10-5-4-6-11(13)8-7-10;1-10(2,3)8-12-6-7-13-9-11(12)4-5-11;1-5(8(9,10)11)12-6(13)7(2,3)4/h10-11H,4-9H2,1-3H3;4-9H2,1-3H3;5H,1-4H3,(H,12,13). The van der Waals surface area contributed by atoms with Crippen LogP contribution in [-0.2, 0) is 9.53 Å². The molecule has 0 aromatic heterocycles. The van der Waals surface area contributed by atoms with Crippen LogP contribution in [0.5, 0.6) is 0 Å². The smallest absolute Gasteiger partial charge is 0.378 e. The second kappa shape index (κ2) is 13.0. The maximum Gasteiger partial charge on any atom is 0.408 e. The van der Waals surface area contributed by atoms with Crippen LogP contribution in [0.2, 0.25) is 0 Å². The monoisotopic (exact) mass is 561 g/mol. The van der Waals surface area contributed by atoms with Gasteiger partial charge in [0.25, 0.3) is 0 Å². The molecule has 8 heteroatoms. The summed E-state index contributed by atoms with van der Waals surface area (Å²) in [6.07, 6.45) is 5.68. The van der Waals surface area contributed by atoms with E-state index in [1.54, 1.807) is 20.8 Å². The van der Waals surface area contributed by atoms with Crippen LogP contribution in [0.4, 0.5) is 13.2 Å². The summed E-state index contributed by atoms with van der Waals surface area (Å²) >= 11 is 0. The van der Waals surface area contributed by atoms with E-state index in [9.17, 15) is 18.0 Å². The van der Waals surface area contributed by atoms with E-state index >= 15 is 0 Å². The molecule has 4 rings (SSSR count). The van der Waals surface area contributed by atoms with Crippen molar-refractivity contribution >= 4 is 5.91 Å². The Bertz CT molecular complexity index is 746. The maximum absolute atomic E-state index is 12.0. The third kappa shape index (κ3) is 11.5. The number of hydrogen-bond acceptors (Lipinski definition) is 4. The number of hydrogen-bond donors (Lipinski definition) is 1. The van der Waals surface area contributed by atoms with Crippen LogP contribution >= 0.6 is 0 Å². The van der Waals surface area contributed by atoms with Crippen molar-refractivity contribution in [2.45, 2.75) is 144 Å². The zero-order chi connectivity index (χ0) is 29.9. The van der Waals surface area contributed by atoms with Gasteiger partial charge in [0.2, 0.25) is 5.91 Å². The summed E-state index contributed by atoms with van der Waals surface area (Å²) in [5, 5.41) is 1.90. The zero-order valence-electron chi connectivity index (χ0n) is 26.6. The minimum atomic E-state index is -4.37. The summed E-state index contributed by atoms with van der Waals surface area (Å²) in [5.74, 6) is -0.600. The number of ether oxygens (including phenoxy) is 1. The summed E-state index contributed by atoms with van der Waals surface area (Å²) in [7, 11) is 0. The number of rotatable bonds is 3. The Labute approximate surface area is 237 Å². The number of carbonyl (C=O) groups excluding carboxylic acids is 1. The molecular weight excluding hydrogens is 503 g/mol. The fraction of sp³-hybridized carbons (Fsp3) is 0.968. The van der Waals surface area contributed by atoms with E-state index in [4.69, 9.17) is 4.74 Å². The van der Waals surface area contributed by atoms with E-state index < -0.39 is 23.5 Å². The topological polar surface area (TPSA) is 44.8 Å². The molecule has 0 aromatic carbocycles. The third-order valence-corrected chi connectivity index (χ3v) is 8.06. The van der Waals surface area contributed by atoms with E-state index in [-0.39, 0.29) is 0 Å². The summed E-state index contributed by atoms with van der Waals surface area (Å²) in [5.41, 5.74) is 0.580. The highest BCUT2D eigenvalue weighted by Gasteiger charge is 2.50. The van der Waals surface area contributed by atoms with Gasteiger partial charge >= 0.3 is 6.18 Å². The van der Waals surface area contributed by atoms with E-state index in [1.165, 1.54) is 58.0 Å². The molecule has 3 aliphatic heterocycles. The van der Waals surface area contributed by atoms with Crippen molar-refractivity contribution in [3.8, 4) is 0 Å². The van der Waals surface area contributed by atoms with Gasteiger partial charge in [-0.15, -0.1) is 0 Å². The number of carbonyl (C=O) groups is 1. The fourth-order valence-corrected chi connectivity index (χ4v) is 5.71. The highest BCUT2D eigenvalue weighted by Crippen LogP contribution is 2.44. The lowest BCUT2D eigenvalue weighted by Crippen LogP contribution is -2.50. The molecule has 2 bridgehead atoms. The number of fused-ring (bicyclic) bond motifs is 2. The Morgan fingerprint density at radius 3 is 1.82 bits per heavy atom. The molecule has 0 radical (unpaired) electrons. The Balaban J connectivity index is 0.000000205. The van der Waals surface area contributed by atoms with Gasteiger partial charge in [0, 0.05) is 42.7 Å². The quantitative estimate of drug-likeness (QED) is 0.401. The summed E-state index contributed by atoms with van der Waals surface area (Å²) in [6.45, 7) is 25.2. The van der Waals surface area contributed by atoms with E-state index in [0.29, 0.717) is 16.4 Å². The molecule has 230 valence electrons. The first-order valence-corrected chi connectivity index (χ1v) is 15.1. The second-order valence-corrected chi connectivity index (χ2v) is 15.8. The lowest BCUT2D eigenvalue weighted by Gasteiger charge is -2.39. The third-order valence-electron chi connectivity index (χ3n) is 8.06. The summed E-state index contributed by atoms with van der Waals surface area (Å²) in [6, 6.07) is 0.0928. The van der Waals surface area contributed by atoms with Crippen LogP contribution in [0.1, 0.15) is 114 Å². The largest absolute Gasteiger partial charge is 0.408 e. The number of piperidine rings is 1. The van der Waals surface area contributed by atoms with Crippen LogP contribution in [0, 0.1) is 16.2 Å². The minimum Gasteiger partial charge on any atom is -0.378 e. The van der Waals surface area contributed by atoms with Crippen molar-refractivity contribution in [2.24, 2.45) is 16.2 Å². The number of nitrogens with zero attached hydrogens (tertiary/aromatic N) is 2. The van der Waals surface area contributed by atoms with Crippen molar-refractivity contribution in [2.75, 3.05) is 32.8 Å². The molecule has 1 spiro atoms. The van der Waals surface area contributed by atoms with E-state index in [0.717, 1.165) is 38.8 Å². The van der Waals surface area contributed by atoms with Gasteiger partial charge in [-0.2, -0.15) is 13.2 Å². The molecule has 3 heterocycles. The average molecular weight is 562 g/mol. The van der Waals surface area contributed by atoms with Crippen LogP contribution in [0.25, 0.3) is 0 Å². The molecule has 1 aliphatic carbocycles. The molecule has 1 amide bonds. The first-order chi connectivity index (χ1) is 17.6. The van der Waals surface area contributed by atoms with Crippen molar-refractivity contribution in [3.05, 3.63) is 0 Å². The minimum absolute atomic E-state index is 0.424. The molecule has 39 heavy (non-hydrogen) atoms. The van der Waals surface area contributed by atoms with Gasteiger partial charge in [0.15, 0.2) is 0 Å². The van der Waals surface area contributed by atoms with Gasteiger partial charge < -0.3 is 10.1 Å². The van der Waals surface area contributed by atoms with E-state index in [2.05, 4.69) is 51.3 Å². The molecule has 3 saturated heterocycles. The van der Waals surface area contributed by atoms with Crippen molar-refractivity contribution in [3.63, 3.8) is 0 Å². The lowest BCUT2D eigenvalue weighted by molar-refractivity contribution is -0.160. The predicted molar refractivity (Wildman–Crippen MR) is 154 cm³/mol. The molecular formula is C31H58F3N3O2. The first-order valence-electron chi connectivity index (χ1n) is 15.1. The predicted octanol–water partition coefficient (Wildman–Crippen LogP) is 7.05. The van der Waals surface area contributed by atoms with Gasteiger partial charge in [0.05, 0.1) is 13.2 Å². The Morgan fingerprint density at radius 1 is 0.897 bits per heavy atom. The molecule has 4 aliphatic rings. The first kappa shape index (κ1) is 34.3. The van der Waals surface area contributed by atoms with Crippen LogP contribution < -0.4 is 5.32 Å². The highest BCUT2D eigenvalue weighted by atomic mass is 19.4. The number of morpholine rings is 1. The number of nitrogens with one attached hydrogen (secondary N) is 1. The van der Waals surface area contributed by atoms with Gasteiger partial charge in [-0.05, 0) is 56.3 Å². The molecule has 5 nitrogen and oxygen atoms in total. The molecule has 1 saturated carbocycles. The molecule has 4 fully saturated rings. The summed E-state index contributed by atoms with van der Waals surface area (Å²) in [4.78, 5) is 16.6. The fourth-order valence-electron chi connectivity index (χ4n) is 5.71. The van der Waals surface area contributed by atoms with Gasteiger partial charge in [-0.3, -0.25) is 14.6 Å². The normalized spacial score (nSPS) is 26.2. The number of amides is 1. The van der Waals surface area contributed by atoms with Gasteiger partial charge in [0.1, 0.15) is 6.04 Å². The maximum atomic E-state index is 12.0. The van der Waals surface area contributed by atoms with Gasteiger partial charge in [-0.25, -0.2) is 0 Å². The molecule has 3 unspecified atom stereocenters. The SMILES string of the molecule is CC(C)(C)CN1C2CCCC1CC2.CC(C)(C)CN1CCOCC12CC2.CC(NC(=O)C(C)(C)C)C(F)(F)F. The average Bonchev–Trinajstić information content (AvgIpc) is 3.50. The van der Waals surface area contributed by atoms with Crippen molar-refractivity contribution < 1.29 is 22.7 Å². The molecule has 1 N–H and O–H groups in total. The Morgan fingerprint density at radius 2 is 1.41 bits per heavy atom. The van der Waals surface area contributed by atoms with E-state index in [1.807, 2.05) is 5.32 Å². The Hall–Kier alpha value is -0.860. The van der Waals surface area contributed by atoms with Crippen molar-refractivity contribution in [1.29, 1.82) is 0 Å². The second-order valence-electron chi connectivity index (χ2n) is 15.8. The molecule has 3 atom stereocenters. The summed E-state index contributed by atoms with van der Waals surface area (Å²) < 4.78 is 41.5.